The zero-order chi connectivity index (χ0) is 13.0. The van der Waals surface area contributed by atoms with Crippen LogP contribution in [0.3, 0.4) is 0 Å². The first-order valence-electron chi connectivity index (χ1n) is 5.89. The fraction of sp³-hybridized carbons (Fsp3) is 0.385. The molecule has 0 aliphatic rings. The number of methoxy groups -OCH3 is 1. The van der Waals surface area contributed by atoms with Crippen LogP contribution in [0.5, 0.6) is 0 Å². The highest BCUT2D eigenvalue weighted by Crippen LogP contribution is 2.26. The summed E-state index contributed by atoms with van der Waals surface area (Å²) in [4.78, 5) is 4.34. The first-order valence-corrected chi connectivity index (χ1v) is 5.89. The average Bonchev–Trinajstić information content (AvgIpc) is 2.82. The Morgan fingerprint density at radius 1 is 1.39 bits per heavy atom. The lowest BCUT2D eigenvalue weighted by Gasteiger charge is -2.02. The van der Waals surface area contributed by atoms with Crippen molar-refractivity contribution >= 4 is 5.69 Å². The Hall–Kier alpha value is -1.88. The van der Waals surface area contributed by atoms with Gasteiger partial charge in [-0.25, -0.2) is 0 Å². The van der Waals surface area contributed by atoms with Gasteiger partial charge < -0.3 is 15.0 Å². The largest absolute Gasteiger partial charge is 0.398 e. The van der Waals surface area contributed by atoms with Crippen LogP contribution in [0, 0.1) is 6.92 Å². The molecule has 0 aliphatic heterocycles. The third-order valence-corrected chi connectivity index (χ3v) is 2.77. The second-order valence-electron chi connectivity index (χ2n) is 4.15. The first-order chi connectivity index (χ1) is 8.72. The molecule has 0 atom stereocenters. The van der Waals surface area contributed by atoms with Gasteiger partial charge in [0.25, 0.3) is 5.89 Å². The predicted molar refractivity (Wildman–Crippen MR) is 69.1 cm³/mol. The summed E-state index contributed by atoms with van der Waals surface area (Å²) in [6, 6.07) is 5.76. The minimum absolute atomic E-state index is 0.476. The van der Waals surface area contributed by atoms with Crippen LogP contribution in [0.25, 0.3) is 11.5 Å². The topological polar surface area (TPSA) is 74.2 Å². The van der Waals surface area contributed by atoms with Crippen molar-refractivity contribution in [2.24, 2.45) is 0 Å². The zero-order valence-corrected chi connectivity index (χ0v) is 10.6. The summed E-state index contributed by atoms with van der Waals surface area (Å²) >= 11 is 0. The molecule has 0 spiro atoms. The van der Waals surface area contributed by atoms with E-state index in [0.717, 1.165) is 24.0 Å². The molecule has 0 saturated carbocycles. The number of aryl methyl sites for hydroxylation is 2. The van der Waals surface area contributed by atoms with Gasteiger partial charge in [-0.15, -0.1) is 0 Å². The van der Waals surface area contributed by atoms with Crippen LogP contribution in [-0.2, 0) is 11.2 Å². The Kier molecular flexibility index (Phi) is 3.94. The van der Waals surface area contributed by atoms with Crippen LogP contribution < -0.4 is 5.73 Å². The Labute approximate surface area is 106 Å². The van der Waals surface area contributed by atoms with Crippen LogP contribution >= 0.6 is 0 Å². The monoisotopic (exact) mass is 247 g/mol. The second-order valence-corrected chi connectivity index (χ2v) is 4.15. The molecule has 1 heterocycles. The van der Waals surface area contributed by atoms with E-state index in [0.29, 0.717) is 24.0 Å². The van der Waals surface area contributed by atoms with E-state index in [-0.39, 0.29) is 0 Å². The minimum atomic E-state index is 0.476. The van der Waals surface area contributed by atoms with E-state index < -0.39 is 0 Å². The molecule has 0 saturated heterocycles. The summed E-state index contributed by atoms with van der Waals surface area (Å²) in [7, 11) is 1.68. The number of nitrogen functional groups attached to an aromatic ring is 1. The summed E-state index contributed by atoms with van der Waals surface area (Å²) in [5.41, 5.74) is 8.48. The van der Waals surface area contributed by atoms with E-state index in [4.69, 9.17) is 15.0 Å². The lowest BCUT2D eigenvalue weighted by Crippen LogP contribution is -1.95. The molecule has 0 aliphatic carbocycles. The zero-order valence-electron chi connectivity index (χ0n) is 10.6. The van der Waals surface area contributed by atoms with Crippen molar-refractivity contribution in [3.05, 3.63) is 29.6 Å². The standard InChI is InChI=1S/C13H17N3O2/c1-9-5-3-6-10(12(9)14)13-15-11(16-18-13)7-4-8-17-2/h3,5-6H,4,7-8,14H2,1-2H3. The van der Waals surface area contributed by atoms with E-state index in [1.807, 2.05) is 25.1 Å². The third-order valence-electron chi connectivity index (χ3n) is 2.77. The third kappa shape index (κ3) is 2.68. The number of hydrogen-bond donors (Lipinski definition) is 1. The predicted octanol–water partition coefficient (Wildman–Crippen LogP) is 2.21. The number of anilines is 1. The molecule has 2 N–H and O–H groups in total. The Morgan fingerprint density at radius 3 is 3.00 bits per heavy atom. The lowest BCUT2D eigenvalue weighted by atomic mass is 10.1. The van der Waals surface area contributed by atoms with Gasteiger partial charge in [0.2, 0.25) is 0 Å². The number of aromatic nitrogens is 2. The number of para-hydroxylation sites is 1. The molecule has 0 fully saturated rings. The van der Waals surface area contributed by atoms with Crippen molar-refractivity contribution < 1.29 is 9.26 Å². The first kappa shape index (κ1) is 12.6. The van der Waals surface area contributed by atoms with Crippen molar-refractivity contribution in [2.75, 3.05) is 19.5 Å². The van der Waals surface area contributed by atoms with Crippen molar-refractivity contribution in [3.63, 3.8) is 0 Å². The number of hydrogen-bond acceptors (Lipinski definition) is 5. The second kappa shape index (κ2) is 5.64. The van der Waals surface area contributed by atoms with Crippen LogP contribution in [-0.4, -0.2) is 23.9 Å². The van der Waals surface area contributed by atoms with Gasteiger partial charge in [-0.05, 0) is 25.0 Å². The molecular weight excluding hydrogens is 230 g/mol. The highest BCUT2D eigenvalue weighted by Gasteiger charge is 2.12. The van der Waals surface area contributed by atoms with Crippen LogP contribution in [0.2, 0.25) is 0 Å². The average molecular weight is 247 g/mol. The highest BCUT2D eigenvalue weighted by atomic mass is 16.5. The smallest absolute Gasteiger partial charge is 0.260 e. The molecule has 2 aromatic rings. The molecule has 2 rings (SSSR count). The van der Waals surface area contributed by atoms with Crippen molar-refractivity contribution in [3.8, 4) is 11.5 Å². The van der Waals surface area contributed by atoms with Gasteiger partial charge in [0, 0.05) is 25.8 Å². The van der Waals surface area contributed by atoms with Gasteiger partial charge in [-0.1, -0.05) is 17.3 Å². The van der Waals surface area contributed by atoms with Gasteiger partial charge >= 0.3 is 0 Å². The van der Waals surface area contributed by atoms with E-state index in [9.17, 15) is 0 Å². The van der Waals surface area contributed by atoms with Gasteiger partial charge in [0.15, 0.2) is 5.82 Å². The lowest BCUT2D eigenvalue weighted by molar-refractivity contribution is 0.194. The van der Waals surface area contributed by atoms with Crippen molar-refractivity contribution in [1.29, 1.82) is 0 Å². The molecule has 0 amide bonds. The Bertz CT molecular complexity index is 523. The van der Waals surface area contributed by atoms with Crippen LogP contribution in [0.1, 0.15) is 17.8 Å². The quantitative estimate of drug-likeness (QED) is 0.647. The Balaban J connectivity index is 2.16. The van der Waals surface area contributed by atoms with Gasteiger partial charge in [0.1, 0.15) is 0 Å². The molecule has 96 valence electrons. The van der Waals surface area contributed by atoms with Crippen molar-refractivity contribution in [1.82, 2.24) is 10.1 Å². The maximum absolute atomic E-state index is 6.00. The van der Waals surface area contributed by atoms with Gasteiger partial charge in [-0.3, -0.25) is 0 Å². The highest BCUT2D eigenvalue weighted by molar-refractivity contribution is 5.72. The number of benzene rings is 1. The summed E-state index contributed by atoms with van der Waals surface area (Å²) < 4.78 is 10.2. The minimum Gasteiger partial charge on any atom is -0.398 e. The number of nitrogens with zero attached hydrogens (tertiary/aromatic N) is 2. The summed E-state index contributed by atoms with van der Waals surface area (Å²) in [6.07, 6.45) is 1.61. The van der Waals surface area contributed by atoms with Gasteiger partial charge in [0.05, 0.1) is 5.56 Å². The fourth-order valence-corrected chi connectivity index (χ4v) is 1.71. The molecule has 0 unspecified atom stereocenters. The summed E-state index contributed by atoms with van der Waals surface area (Å²) in [5.74, 6) is 1.16. The normalized spacial score (nSPS) is 10.8. The van der Waals surface area contributed by atoms with E-state index in [1.54, 1.807) is 7.11 Å². The molecule has 1 aromatic heterocycles. The summed E-state index contributed by atoms with van der Waals surface area (Å²) in [6.45, 7) is 2.64. The Morgan fingerprint density at radius 2 is 2.22 bits per heavy atom. The molecule has 18 heavy (non-hydrogen) atoms. The number of rotatable bonds is 5. The molecule has 0 radical (unpaired) electrons. The molecule has 0 bridgehead atoms. The fourth-order valence-electron chi connectivity index (χ4n) is 1.71. The van der Waals surface area contributed by atoms with Crippen LogP contribution in [0.4, 0.5) is 5.69 Å². The number of ether oxygens (including phenoxy) is 1. The van der Waals surface area contributed by atoms with E-state index in [1.165, 1.54) is 0 Å². The maximum atomic E-state index is 6.00. The molecule has 5 heteroatoms. The molecule has 1 aromatic carbocycles. The summed E-state index contributed by atoms with van der Waals surface area (Å²) in [5, 5.41) is 3.94. The van der Waals surface area contributed by atoms with Crippen LogP contribution in [0.15, 0.2) is 22.7 Å². The number of nitrogens with two attached hydrogens (primary N) is 1. The molecular formula is C13H17N3O2. The molecule has 5 nitrogen and oxygen atoms in total. The SMILES string of the molecule is COCCCc1noc(-c2cccc(C)c2N)n1. The van der Waals surface area contributed by atoms with Crippen molar-refractivity contribution in [2.45, 2.75) is 19.8 Å². The van der Waals surface area contributed by atoms with E-state index >= 15 is 0 Å². The van der Waals surface area contributed by atoms with E-state index in [2.05, 4.69) is 10.1 Å². The maximum Gasteiger partial charge on any atom is 0.260 e. The van der Waals surface area contributed by atoms with Gasteiger partial charge in [-0.2, -0.15) is 4.98 Å².